The van der Waals surface area contributed by atoms with Crippen LogP contribution < -0.4 is 15.4 Å². The van der Waals surface area contributed by atoms with E-state index in [-0.39, 0.29) is 23.8 Å². The summed E-state index contributed by atoms with van der Waals surface area (Å²) in [4.78, 5) is 46.3. The van der Waals surface area contributed by atoms with Crippen LogP contribution in [0.3, 0.4) is 0 Å². The maximum absolute atomic E-state index is 14.0. The van der Waals surface area contributed by atoms with Crippen molar-refractivity contribution in [3.05, 3.63) is 101 Å². The number of rotatable bonds is 9. The van der Waals surface area contributed by atoms with Crippen LogP contribution in [-0.2, 0) is 22.6 Å². The number of amides is 3. The third-order valence-corrected chi connectivity index (χ3v) is 8.67. The minimum absolute atomic E-state index is 0.167. The molecule has 0 radical (unpaired) electrons. The molecule has 2 aliphatic rings. The first-order valence-electron chi connectivity index (χ1n) is 13.7. The number of benzene rings is 3. The largest absolute Gasteiger partial charge is 0.497 e. The van der Waals surface area contributed by atoms with E-state index in [2.05, 4.69) is 15.6 Å². The molecule has 3 aromatic carbocycles. The zero-order valence-corrected chi connectivity index (χ0v) is 23.8. The lowest BCUT2D eigenvalue weighted by molar-refractivity contribution is -0.132. The van der Waals surface area contributed by atoms with Crippen molar-refractivity contribution < 1.29 is 19.1 Å². The van der Waals surface area contributed by atoms with Crippen molar-refractivity contribution in [3.8, 4) is 5.75 Å². The molecule has 3 amide bonds. The van der Waals surface area contributed by atoms with Crippen LogP contribution in [-0.4, -0.2) is 58.8 Å². The van der Waals surface area contributed by atoms with Gasteiger partial charge in [-0.2, -0.15) is 11.8 Å². The number of hydrogen-bond acceptors (Lipinski definition) is 5. The Morgan fingerprint density at radius 2 is 1.83 bits per heavy atom. The number of aromatic amines is 1. The number of ether oxygens (including phenoxy) is 1. The number of nitrogens with one attached hydrogen (secondary N) is 3. The van der Waals surface area contributed by atoms with Gasteiger partial charge in [-0.3, -0.25) is 14.4 Å². The summed E-state index contributed by atoms with van der Waals surface area (Å²) in [5.74, 6) is 0.708. The molecule has 3 heterocycles. The molecule has 9 heteroatoms. The van der Waals surface area contributed by atoms with Crippen molar-refractivity contribution in [1.82, 2.24) is 20.5 Å². The molecule has 6 rings (SSSR count). The Kier molecular flexibility index (Phi) is 7.45. The highest BCUT2D eigenvalue weighted by Gasteiger charge is 2.49. The van der Waals surface area contributed by atoms with E-state index < -0.39 is 12.1 Å². The molecule has 3 atom stereocenters. The molecule has 0 saturated heterocycles. The molecule has 0 bridgehead atoms. The van der Waals surface area contributed by atoms with Crippen LogP contribution in [0.2, 0.25) is 0 Å². The van der Waals surface area contributed by atoms with E-state index in [1.54, 1.807) is 23.8 Å². The third kappa shape index (κ3) is 4.95. The van der Waals surface area contributed by atoms with E-state index in [0.29, 0.717) is 30.7 Å². The Morgan fingerprint density at radius 1 is 1.07 bits per heavy atom. The van der Waals surface area contributed by atoms with Gasteiger partial charge in [0.25, 0.3) is 5.91 Å². The first-order chi connectivity index (χ1) is 20.0. The molecule has 1 aromatic heterocycles. The van der Waals surface area contributed by atoms with Crippen LogP contribution in [0.25, 0.3) is 10.9 Å². The quantitative estimate of drug-likeness (QED) is 0.281. The second kappa shape index (κ2) is 11.3. The summed E-state index contributed by atoms with van der Waals surface area (Å²) in [5.41, 5.74) is 5.39. The van der Waals surface area contributed by atoms with Crippen LogP contribution in [0.15, 0.2) is 72.8 Å². The van der Waals surface area contributed by atoms with Crippen LogP contribution >= 0.6 is 11.8 Å². The molecule has 0 spiro atoms. The highest BCUT2D eigenvalue weighted by Crippen LogP contribution is 2.46. The molecule has 4 aromatic rings. The molecule has 0 saturated carbocycles. The van der Waals surface area contributed by atoms with Gasteiger partial charge < -0.3 is 25.3 Å². The first kappa shape index (κ1) is 27.0. The molecular formula is C32H32N4O4S. The van der Waals surface area contributed by atoms with Gasteiger partial charge >= 0.3 is 0 Å². The number of hydrogen-bond donors (Lipinski definition) is 3. The molecule has 3 N–H and O–H groups in total. The molecule has 0 aliphatic carbocycles. The van der Waals surface area contributed by atoms with Crippen molar-refractivity contribution in [3.63, 3.8) is 0 Å². The number of H-pyrrole nitrogens is 1. The Bertz CT molecular complexity index is 1620. The van der Waals surface area contributed by atoms with Crippen molar-refractivity contribution in [1.29, 1.82) is 0 Å². The Morgan fingerprint density at radius 3 is 2.61 bits per heavy atom. The minimum Gasteiger partial charge on any atom is -0.497 e. The lowest BCUT2D eigenvalue weighted by Crippen LogP contribution is -2.56. The van der Waals surface area contributed by atoms with Crippen LogP contribution in [0.5, 0.6) is 5.75 Å². The summed E-state index contributed by atoms with van der Waals surface area (Å²) < 4.78 is 5.21. The summed E-state index contributed by atoms with van der Waals surface area (Å²) in [6.45, 7) is 0.332. The first-order valence-corrected chi connectivity index (χ1v) is 15.1. The van der Waals surface area contributed by atoms with Gasteiger partial charge in [0.05, 0.1) is 13.2 Å². The molecule has 210 valence electrons. The van der Waals surface area contributed by atoms with E-state index in [1.165, 1.54) is 0 Å². The number of methoxy groups -OCH3 is 1. The van der Waals surface area contributed by atoms with Gasteiger partial charge in [-0.25, -0.2) is 0 Å². The maximum Gasteiger partial charge on any atom is 0.255 e. The Balaban J connectivity index is 1.27. The topological polar surface area (TPSA) is 104 Å². The van der Waals surface area contributed by atoms with Gasteiger partial charge in [0.15, 0.2) is 0 Å². The van der Waals surface area contributed by atoms with Crippen molar-refractivity contribution in [2.75, 3.05) is 19.1 Å². The van der Waals surface area contributed by atoms with Crippen molar-refractivity contribution in [2.45, 2.75) is 37.5 Å². The SMILES string of the molecule is COc1ccc(CNC(=O)[C@H](CCSC)NC(=O)[C@@H]2Cc3c([nH]c4ccccc34)[C@@H]3c4ccccc4C(=O)N32)cc1. The van der Waals surface area contributed by atoms with E-state index in [4.69, 9.17) is 4.74 Å². The second-order valence-electron chi connectivity index (χ2n) is 10.4. The minimum atomic E-state index is -0.752. The van der Waals surface area contributed by atoms with Gasteiger partial charge in [0.1, 0.15) is 17.8 Å². The highest BCUT2D eigenvalue weighted by atomic mass is 32.2. The normalized spacial score (nSPS) is 17.9. The third-order valence-electron chi connectivity index (χ3n) is 8.02. The number of fused-ring (bicyclic) bond motifs is 7. The smallest absolute Gasteiger partial charge is 0.255 e. The average Bonchev–Trinajstić information content (AvgIpc) is 3.53. The number of para-hydroxylation sites is 1. The molecular weight excluding hydrogens is 536 g/mol. The van der Waals surface area contributed by atoms with Crippen LogP contribution in [0.1, 0.15) is 45.2 Å². The van der Waals surface area contributed by atoms with Gasteiger partial charge in [0, 0.05) is 35.1 Å². The molecule has 41 heavy (non-hydrogen) atoms. The molecule has 0 fully saturated rings. The summed E-state index contributed by atoms with van der Waals surface area (Å²) in [5, 5.41) is 7.04. The fourth-order valence-electron chi connectivity index (χ4n) is 5.97. The number of thioether (sulfide) groups is 1. The van der Waals surface area contributed by atoms with E-state index in [0.717, 1.165) is 39.0 Å². The number of nitrogens with zero attached hydrogens (tertiary/aromatic N) is 1. The van der Waals surface area contributed by atoms with Gasteiger partial charge in [0.2, 0.25) is 11.8 Å². The fourth-order valence-corrected chi connectivity index (χ4v) is 6.44. The zero-order chi connectivity index (χ0) is 28.5. The monoisotopic (exact) mass is 568 g/mol. The number of aromatic nitrogens is 1. The summed E-state index contributed by atoms with van der Waals surface area (Å²) >= 11 is 1.62. The van der Waals surface area contributed by atoms with Gasteiger partial charge in [-0.1, -0.05) is 48.5 Å². The van der Waals surface area contributed by atoms with Crippen molar-refractivity contribution in [2.24, 2.45) is 0 Å². The van der Waals surface area contributed by atoms with E-state index in [9.17, 15) is 14.4 Å². The molecule has 8 nitrogen and oxygen atoms in total. The Hall–Kier alpha value is -4.24. The lowest BCUT2D eigenvalue weighted by Gasteiger charge is -2.37. The van der Waals surface area contributed by atoms with Crippen LogP contribution in [0.4, 0.5) is 0 Å². The lowest BCUT2D eigenvalue weighted by atomic mass is 9.89. The van der Waals surface area contributed by atoms with Crippen LogP contribution in [0, 0.1) is 0 Å². The maximum atomic E-state index is 14.0. The average molecular weight is 569 g/mol. The fraction of sp³-hybridized carbons (Fsp3) is 0.281. The summed E-state index contributed by atoms with van der Waals surface area (Å²) in [7, 11) is 1.61. The standard InChI is InChI=1S/C32H32N4O4S/c1-40-20-13-11-19(12-14-20)18-33-30(37)26(15-16-41-2)35-31(38)27-17-24-21-7-5-6-10-25(21)34-28(24)29-22-8-3-4-9-23(22)32(39)36(27)29/h3-14,26-27,29,34H,15-18H2,1-2H3,(H,33,37)(H,35,38)/t26-,27-,29-/m0/s1. The summed E-state index contributed by atoms with van der Waals surface area (Å²) in [6, 6.07) is 21.2. The van der Waals surface area contributed by atoms with E-state index in [1.807, 2.05) is 79.1 Å². The zero-order valence-electron chi connectivity index (χ0n) is 23.0. The predicted octanol–water partition coefficient (Wildman–Crippen LogP) is 4.20. The number of carbonyl (C=O) groups excluding carboxylic acids is 3. The van der Waals surface area contributed by atoms with E-state index >= 15 is 0 Å². The van der Waals surface area contributed by atoms with Crippen molar-refractivity contribution >= 4 is 40.4 Å². The number of carbonyl (C=O) groups is 3. The second-order valence-corrected chi connectivity index (χ2v) is 11.4. The Labute approximate surface area is 242 Å². The predicted molar refractivity (Wildman–Crippen MR) is 160 cm³/mol. The van der Waals surface area contributed by atoms with Gasteiger partial charge in [-0.05, 0) is 59.4 Å². The van der Waals surface area contributed by atoms with Gasteiger partial charge in [-0.15, -0.1) is 0 Å². The summed E-state index contributed by atoms with van der Waals surface area (Å²) in [6.07, 6.45) is 2.81. The molecule has 2 aliphatic heterocycles. The highest BCUT2D eigenvalue weighted by molar-refractivity contribution is 7.98. The molecule has 0 unspecified atom stereocenters.